The lowest BCUT2D eigenvalue weighted by atomic mass is 9.89. The molecule has 0 spiro atoms. The van der Waals surface area contributed by atoms with Crippen molar-refractivity contribution in [2.75, 3.05) is 7.11 Å². The largest absolute Gasteiger partial charge is 0.497 e. The molecule has 0 radical (unpaired) electrons. The highest BCUT2D eigenvalue weighted by Gasteiger charge is 2.15. The predicted octanol–water partition coefficient (Wildman–Crippen LogP) is 4.85. The van der Waals surface area contributed by atoms with Crippen LogP contribution in [0.15, 0.2) is 48.5 Å². The van der Waals surface area contributed by atoms with Gasteiger partial charge in [-0.25, -0.2) is 0 Å². The zero-order valence-electron chi connectivity index (χ0n) is 15.6. The first-order valence-corrected chi connectivity index (χ1v) is 9.44. The molecule has 1 atom stereocenters. The molecule has 0 saturated heterocycles. The zero-order chi connectivity index (χ0) is 18.4. The number of carbonyl (C=O) groups is 1. The Morgan fingerprint density at radius 3 is 2.54 bits per heavy atom. The van der Waals surface area contributed by atoms with Crippen LogP contribution in [0.4, 0.5) is 0 Å². The van der Waals surface area contributed by atoms with Gasteiger partial charge in [-0.05, 0) is 72.6 Å². The van der Waals surface area contributed by atoms with Crippen molar-refractivity contribution in [2.45, 2.75) is 45.1 Å². The van der Waals surface area contributed by atoms with Crippen molar-refractivity contribution in [1.82, 2.24) is 5.32 Å². The summed E-state index contributed by atoms with van der Waals surface area (Å²) in [5.74, 6) is 0.746. The van der Waals surface area contributed by atoms with Crippen molar-refractivity contribution in [3.05, 3.63) is 70.8 Å². The van der Waals surface area contributed by atoms with Crippen LogP contribution in [0.5, 0.6) is 5.75 Å². The van der Waals surface area contributed by atoms with Gasteiger partial charge in [0.05, 0.1) is 13.2 Å². The fraction of sp³-hybridized carbons (Fsp3) is 0.348. The van der Waals surface area contributed by atoms with E-state index < -0.39 is 0 Å². The molecular formula is C23H27NO2. The molecule has 1 aliphatic carbocycles. The number of hydrogen-bond donors (Lipinski definition) is 1. The molecule has 0 heterocycles. The summed E-state index contributed by atoms with van der Waals surface area (Å²) in [5.41, 5.74) is 5.11. The van der Waals surface area contributed by atoms with E-state index in [9.17, 15) is 4.79 Å². The first-order chi connectivity index (χ1) is 12.7. The smallest absolute Gasteiger partial charge is 0.244 e. The Morgan fingerprint density at radius 2 is 1.85 bits per heavy atom. The third kappa shape index (κ3) is 4.54. The van der Waals surface area contributed by atoms with Crippen LogP contribution in [0.1, 0.15) is 54.5 Å². The van der Waals surface area contributed by atoms with Gasteiger partial charge in [-0.1, -0.05) is 37.3 Å². The normalized spacial score (nSPS) is 14.7. The Kier molecular flexibility index (Phi) is 6.11. The Morgan fingerprint density at radius 1 is 1.12 bits per heavy atom. The number of amides is 1. The minimum Gasteiger partial charge on any atom is -0.497 e. The molecular weight excluding hydrogens is 322 g/mol. The van der Waals surface area contributed by atoms with Crippen LogP contribution in [0.2, 0.25) is 0 Å². The minimum atomic E-state index is -0.0645. The van der Waals surface area contributed by atoms with Crippen LogP contribution in [-0.2, 0) is 17.6 Å². The molecule has 0 aliphatic heterocycles. The Labute approximate surface area is 156 Å². The van der Waals surface area contributed by atoms with Gasteiger partial charge in [-0.3, -0.25) is 4.79 Å². The van der Waals surface area contributed by atoms with Crippen LogP contribution >= 0.6 is 0 Å². The SMILES string of the molecule is CCC(NC(=O)/C=C/c1ccc(OC)cc1)c1ccc2c(c1)CCCC2. The Bertz CT molecular complexity index is 777. The summed E-state index contributed by atoms with van der Waals surface area (Å²) in [4.78, 5) is 12.3. The first kappa shape index (κ1) is 18.2. The van der Waals surface area contributed by atoms with E-state index in [0.29, 0.717) is 0 Å². The van der Waals surface area contributed by atoms with E-state index in [2.05, 4.69) is 30.4 Å². The van der Waals surface area contributed by atoms with Gasteiger partial charge in [0.1, 0.15) is 5.75 Å². The van der Waals surface area contributed by atoms with Gasteiger partial charge >= 0.3 is 0 Å². The van der Waals surface area contributed by atoms with Crippen LogP contribution < -0.4 is 10.1 Å². The summed E-state index contributed by atoms with van der Waals surface area (Å²) in [6.45, 7) is 2.11. The average molecular weight is 349 g/mol. The van der Waals surface area contributed by atoms with Crippen LogP contribution in [-0.4, -0.2) is 13.0 Å². The molecule has 1 N–H and O–H groups in total. The van der Waals surface area contributed by atoms with E-state index in [-0.39, 0.29) is 11.9 Å². The summed E-state index contributed by atoms with van der Waals surface area (Å²) in [5, 5.41) is 3.13. The van der Waals surface area contributed by atoms with Gasteiger partial charge in [0.25, 0.3) is 0 Å². The molecule has 26 heavy (non-hydrogen) atoms. The topological polar surface area (TPSA) is 38.3 Å². The quantitative estimate of drug-likeness (QED) is 0.757. The van der Waals surface area contributed by atoms with Gasteiger partial charge in [0.2, 0.25) is 5.91 Å². The highest BCUT2D eigenvalue weighted by Crippen LogP contribution is 2.26. The lowest BCUT2D eigenvalue weighted by molar-refractivity contribution is -0.117. The maximum Gasteiger partial charge on any atom is 0.244 e. The van der Waals surface area contributed by atoms with E-state index in [0.717, 1.165) is 24.2 Å². The van der Waals surface area contributed by atoms with Crippen molar-refractivity contribution in [3.63, 3.8) is 0 Å². The molecule has 2 aromatic rings. The van der Waals surface area contributed by atoms with Crippen molar-refractivity contribution in [3.8, 4) is 5.75 Å². The maximum atomic E-state index is 12.3. The molecule has 0 saturated carbocycles. The number of hydrogen-bond acceptors (Lipinski definition) is 2. The number of rotatable bonds is 6. The molecule has 0 bridgehead atoms. The molecule has 1 amide bonds. The lowest BCUT2D eigenvalue weighted by Gasteiger charge is -2.21. The number of methoxy groups -OCH3 is 1. The molecule has 3 rings (SSSR count). The van der Waals surface area contributed by atoms with E-state index in [1.807, 2.05) is 30.3 Å². The summed E-state index contributed by atoms with van der Waals surface area (Å²) in [7, 11) is 1.64. The van der Waals surface area contributed by atoms with Gasteiger partial charge in [-0.15, -0.1) is 0 Å². The summed E-state index contributed by atoms with van der Waals surface area (Å²) >= 11 is 0. The first-order valence-electron chi connectivity index (χ1n) is 9.44. The van der Waals surface area contributed by atoms with E-state index >= 15 is 0 Å². The van der Waals surface area contributed by atoms with Crippen molar-refractivity contribution < 1.29 is 9.53 Å². The summed E-state index contributed by atoms with van der Waals surface area (Å²) in [6, 6.07) is 14.4. The Balaban J connectivity index is 1.65. The molecule has 1 unspecified atom stereocenters. The van der Waals surface area contributed by atoms with E-state index in [1.165, 1.54) is 36.0 Å². The van der Waals surface area contributed by atoms with Crippen LogP contribution in [0.3, 0.4) is 0 Å². The number of carbonyl (C=O) groups excluding carboxylic acids is 1. The number of fused-ring (bicyclic) bond motifs is 1. The Hall–Kier alpha value is -2.55. The third-order valence-electron chi connectivity index (χ3n) is 5.04. The zero-order valence-corrected chi connectivity index (χ0v) is 15.6. The lowest BCUT2D eigenvalue weighted by Crippen LogP contribution is -2.26. The summed E-state index contributed by atoms with van der Waals surface area (Å²) in [6.07, 6.45) is 9.20. The molecule has 1 aliphatic rings. The van der Waals surface area contributed by atoms with Gasteiger partial charge in [0.15, 0.2) is 0 Å². The number of benzene rings is 2. The second kappa shape index (κ2) is 8.70. The fourth-order valence-electron chi connectivity index (χ4n) is 3.50. The highest BCUT2D eigenvalue weighted by atomic mass is 16.5. The number of ether oxygens (including phenoxy) is 1. The molecule has 0 fully saturated rings. The highest BCUT2D eigenvalue weighted by molar-refractivity contribution is 5.92. The molecule has 3 nitrogen and oxygen atoms in total. The number of aryl methyl sites for hydroxylation is 2. The standard InChI is InChI=1S/C23H27NO2/c1-3-22(20-12-11-18-6-4-5-7-19(18)16-20)24-23(25)15-10-17-8-13-21(26-2)14-9-17/h8-16,22H,3-7H2,1-2H3,(H,24,25)/b15-10+. The second-order valence-corrected chi connectivity index (χ2v) is 6.81. The fourth-order valence-corrected chi connectivity index (χ4v) is 3.50. The van der Waals surface area contributed by atoms with E-state index in [1.54, 1.807) is 13.2 Å². The molecule has 136 valence electrons. The van der Waals surface area contributed by atoms with Crippen molar-refractivity contribution in [2.24, 2.45) is 0 Å². The van der Waals surface area contributed by atoms with Crippen LogP contribution in [0.25, 0.3) is 6.08 Å². The maximum absolute atomic E-state index is 12.3. The minimum absolute atomic E-state index is 0.0512. The van der Waals surface area contributed by atoms with Gasteiger partial charge < -0.3 is 10.1 Å². The molecule has 2 aromatic carbocycles. The van der Waals surface area contributed by atoms with Gasteiger partial charge in [-0.2, -0.15) is 0 Å². The molecule has 0 aromatic heterocycles. The second-order valence-electron chi connectivity index (χ2n) is 6.81. The third-order valence-corrected chi connectivity index (χ3v) is 5.04. The van der Waals surface area contributed by atoms with Gasteiger partial charge in [0, 0.05) is 6.08 Å². The number of nitrogens with one attached hydrogen (secondary N) is 1. The summed E-state index contributed by atoms with van der Waals surface area (Å²) < 4.78 is 5.15. The van der Waals surface area contributed by atoms with Crippen molar-refractivity contribution >= 4 is 12.0 Å². The van der Waals surface area contributed by atoms with Crippen molar-refractivity contribution in [1.29, 1.82) is 0 Å². The van der Waals surface area contributed by atoms with E-state index in [4.69, 9.17) is 4.74 Å². The van der Waals surface area contributed by atoms with Crippen LogP contribution in [0, 0.1) is 0 Å². The monoisotopic (exact) mass is 349 g/mol. The predicted molar refractivity (Wildman–Crippen MR) is 106 cm³/mol. The molecule has 3 heteroatoms. The average Bonchev–Trinajstić information content (AvgIpc) is 2.70.